The van der Waals surface area contributed by atoms with Crippen molar-refractivity contribution in [3.8, 4) is 0 Å². The molecule has 0 unspecified atom stereocenters. The molecule has 3 rings (SSSR count). The molecule has 2 aliphatic rings. The molecule has 1 saturated heterocycles. The number of nitrogens with zero attached hydrogens (tertiary/aromatic N) is 2. The fraction of sp³-hybridized carbons (Fsp3) is 0.611. The van der Waals surface area contributed by atoms with E-state index in [4.69, 9.17) is 0 Å². The van der Waals surface area contributed by atoms with Gasteiger partial charge in [0.1, 0.15) is 0 Å². The van der Waals surface area contributed by atoms with Gasteiger partial charge in [-0.25, -0.2) is 0 Å². The predicted molar refractivity (Wildman–Crippen MR) is 91.4 cm³/mol. The standard InChI is InChI=1S/C18H27N3O/c1-20-10-12-21(13-11-20)17-9-5-4-8-16(17)19-18(22)14-15-6-2-3-7-15/h4-5,8-9,15H,2-3,6-7,10-14H2,1H3,(H,19,22). The topological polar surface area (TPSA) is 35.6 Å². The summed E-state index contributed by atoms with van der Waals surface area (Å²) in [5.74, 6) is 0.768. The molecule has 0 spiro atoms. The average Bonchev–Trinajstić information content (AvgIpc) is 3.01. The van der Waals surface area contributed by atoms with Gasteiger partial charge in [-0.1, -0.05) is 25.0 Å². The zero-order valence-corrected chi connectivity index (χ0v) is 13.6. The Morgan fingerprint density at radius 3 is 2.55 bits per heavy atom. The Hall–Kier alpha value is -1.55. The van der Waals surface area contributed by atoms with Crippen molar-refractivity contribution in [2.45, 2.75) is 32.1 Å². The van der Waals surface area contributed by atoms with Crippen LogP contribution in [0.4, 0.5) is 11.4 Å². The first-order valence-corrected chi connectivity index (χ1v) is 8.55. The number of likely N-dealkylation sites (N-methyl/N-ethyl adjacent to an activating group) is 1. The normalized spacial score (nSPS) is 20.3. The van der Waals surface area contributed by atoms with Crippen molar-refractivity contribution in [3.05, 3.63) is 24.3 Å². The van der Waals surface area contributed by atoms with E-state index in [0.29, 0.717) is 12.3 Å². The number of anilines is 2. The Kier molecular flexibility index (Phi) is 4.98. The number of piperazine rings is 1. The molecule has 22 heavy (non-hydrogen) atoms. The lowest BCUT2D eigenvalue weighted by Crippen LogP contribution is -2.44. The quantitative estimate of drug-likeness (QED) is 0.929. The SMILES string of the molecule is CN1CCN(c2ccccc2NC(=O)CC2CCCC2)CC1. The van der Waals surface area contributed by atoms with Gasteiger partial charge in [0.2, 0.25) is 5.91 Å². The lowest BCUT2D eigenvalue weighted by Gasteiger charge is -2.35. The zero-order chi connectivity index (χ0) is 15.4. The summed E-state index contributed by atoms with van der Waals surface area (Å²) >= 11 is 0. The van der Waals surface area contributed by atoms with E-state index in [0.717, 1.165) is 37.6 Å². The van der Waals surface area contributed by atoms with E-state index in [1.54, 1.807) is 0 Å². The maximum absolute atomic E-state index is 12.3. The molecule has 4 nitrogen and oxygen atoms in total. The molecule has 4 heteroatoms. The van der Waals surface area contributed by atoms with Crippen LogP contribution in [0, 0.1) is 5.92 Å². The molecular formula is C18H27N3O. The van der Waals surface area contributed by atoms with Gasteiger partial charge >= 0.3 is 0 Å². The number of nitrogens with one attached hydrogen (secondary N) is 1. The van der Waals surface area contributed by atoms with Gasteiger partial charge in [0.05, 0.1) is 11.4 Å². The molecule has 1 aliphatic heterocycles. The summed E-state index contributed by atoms with van der Waals surface area (Å²) < 4.78 is 0. The van der Waals surface area contributed by atoms with Crippen LogP contribution in [-0.2, 0) is 4.79 Å². The second-order valence-corrected chi connectivity index (χ2v) is 6.71. The molecule has 1 aromatic rings. The molecule has 1 aromatic carbocycles. The van der Waals surface area contributed by atoms with Crippen LogP contribution in [0.25, 0.3) is 0 Å². The van der Waals surface area contributed by atoms with Crippen molar-refractivity contribution in [3.63, 3.8) is 0 Å². The number of benzene rings is 1. The van der Waals surface area contributed by atoms with E-state index in [-0.39, 0.29) is 5.91 Å². The van der Waals surface area contributed by atoms with Crippen LogP contribution >= 0.6 is 0 Å². The highest BCUT2D eigenvalue weighted by Gasteiger charge is 2.20. The first-order chi connectivity index (χ1) is 10.7. The first kappa shape index (κ1) is 15.3. The number of carbonyl (C=O) groups excluding carboxylic acids is 1. The zero-order valence-electron chi connectivity index (χ0n) is 13.6. The van der Waals surface area contributed by atoms with E-state index in [2.05, 4.69) is 34.3 Å². The second-order valence-electron chi connectivity index (χ2n) is 6.71. The Morgan fingerprint density at radius 2 is 1.82 bits per heavy atom. The number of carbonyl (C=O) groups is 1. The summed E-state index contributed by atoms with van der Waals surface area (Å²) in [6, 6.07) is 8.21. The Morgan fingerprint density at radius 1 is 1.14 bits per heavy atom. The molecular weight excluding hydrogens is 274 g/mol. The average molecular weight is 301 g/mol. The highest BCUT2D eigenvalue weighted by Crippen LogP contribution is 2.30. The van der Waals surface area contributed by atoms with Crippen LogP contribution in [0.15, 0.2) is 24.3 Å². The summed E-state index contributed by atoms with van der Waals surface area (Å²) in [5.41, 5.74) is 2.13. The van der Waals surface area contributed by atoms with E-state index < -0.39 is 0 Å². The molecule has 0 bridgehead atoms. The molecule has 0 atom stereocenters. The Balaban J connectivity index is 1.64. The van der Waals surface area contributed by atoms with Crippen molar-refractivity contribution >= 4 is 17.3 Å². The number of rotatable bonds is 4. The van der Waals surface area contributed by atoms with Crippen molar-refractivity contribution in [2.24, 2.45) is 5.92 Å². The fourth-order valence-corrected chi connectivity index (χ4v) is 3.58. The van der Waals surface area contributed by atoms with E-state index in [1.165, 1.54) is 25.7 Å². The maximum Gasteiger partial charge on any atom is 0.224 e. The van der Waals surface area contributed by atoms with Crippen molar-refractivity contribution in [1.82, 2.24) is 4.90 Å². The van der Waals surface area contributed by atoms with Crippen LogP contribution in [0.1, 0.15) is 32.1 Å². The summed E-state index contributed by atoms with van der Waals surface area (Å²) in [7, 11) is 2.16. The Labute approximate surface area is 133 Å². The van der Waals surface area contributed by atoms with Crippen LogP contribution in [-0.4, -0.2) is 44.0 Å². The minimum Gasteiger partial charge on any atom is -0.367 e. The maximum atomic E-state index is 12.3. The smallest absolute Gasteiger partial charge is 0.224 e. The molecule has 2 fully saturated rings. The highest BCUT2D eigenvalue weighted by atomic mass is 16.1. The predicted octanol–water partition coefficient (Wildman–Crippen LogP) is 2.96. The van der Waals surface area contributed by atoms with Crippen LogP contribution in [0.3, 0.4) is 0 Å². The molecule has 120 valence electrons. The monoisotopic (exact) mass is 301 g/mol. The third-order valence-electron chi connectivity index (χ3n) is 4.97. The summed E-state index contributed by atoms with van der Waals surface area (Å²) in [6.45, 7) is 4.19. The van der Waals surface area contributed by atoms with Gasteiger partial charge < -0.3 is 15.1 Å². The van der Waals surface area contributed by atoms with Gasteiger partial charge in [0, 0.05) is 32.6 Å². The van der Waals surface area contributed by atoms with Crippen LogP contribution in [0.2, 0.25) is 0 Å². The number of hydrogen-bond donors (Lipinski definition) is 1. The minimum absolute atomic E-state index is 0.175. The fourth-order valence-electron chi connectivity index (χ4n) is 3.58. The number of amides is 1. The largest absolute Gasteiger partial charge is 0.367 e. The van der Waals surface area contributed by atoms with Gasteiger partial charge in [0.15, 0.2) is 0 Å². The summed E-state index contributed by atoms with van der Waals surface area (Å²) in [6.07, 6.45) is 5.68. The van der Waals surface area contributed by atoms with Crippen molar-refractivity contribution in [2.75, 3.05) is 43.4 Å². The van der Waals surface area contributed by atoms with Gasteiger partial charge in [-0.05, 0) is 37.9 Å². The Bertz CT molecular complexity index is 503. The van der Waals surface area contributed by atoms with Crippen molar-refractivity contribution in [1.29, 1.82) is 0 Å². The molecule has 1 saturated carbocycles. The molecule has 1 N–H and O–H groups in total. The van der Waals surface area contributed by atoms with E-state index in [1.807, 2.05) is 12.1 Å². The number of para-hydroxylation sites is 2. The molecule has 1 amide bonds. The lowest BCUT2D eigenvalue weighted by molar-refractivity contribution is -0.117. The first-order valence-electron chi connectivity index (χ1n) is 8.55. The second kappa shape index (κ2) is 7.14. The third kappa shape index (κ3) is 3.80. The van der Waals surface area contributed by atoms with E-state index >= 15 is 0 Å². The molecule has 1 aliphatic carbocycles. The number of hydrogen-bond acceptors (Lipinski definition) is 3. The highest BCUT2D eigenvalue weighted by molar-refractivity contribution is 5.94. The molecule has 0 radical (unpaired) electrons. The van der Waals surface area contributed by atoms with Gasteiger partial charge in [-0.3, -0.25) is 4.79 Å². The minimum atomic E-state index is 0.175. The van der Waals surface area contributed by atoms with E-state index in [9.17, 15) is 4.79 Å². The summed E-state index contributed by atoms with van der Waals surface area (Å²) in [4.78, 5) is 17.0. The van der Waals surface area contributed by atoms with Crippen LogP contribution in [0.5, 0.6) is 0 Å². The van der Waals surface area contributed by atoms with Gasteiger partial charge in [-0.2, -0.15) is 0 Å². The third-order valence-corrected chi connectivity index (χ3v) is 4.97. The molecule has 1 heterocycles. The van der Waals surface area contributed by atoms with Gasteiger partial charge in [-0.15, -0.1) is 0 Å². The van der Waals surface area contributed by atoms with Gasteiger partial charge in [0.25, 0.3) is 0 Å². The summed E-state index contributed by atoms with van der Waals surface area (Å²) in [5, 5.41) is 3.15. The van der Waals surface area contributed by atoms with Crippen molar-refractivity contribution < 1.29 is 4.79 Å². The molecule has 0 aromatic heterocycles. The lowest BCUT2D eigenvalue weighted by atomic mass is 10.0. The van der Waals surface area contributed by atoms with Crippen LogP contribution < -0.4 is 10.2 Å².